The molecular weight excluding hydrogens is 358 g/mol. The Morgan fingerprint density at radius 2 is 2.00 bits per heavy atom. The number of carbonyl (C=O) groups excluding carboxylic acids is 1. The number of benzene rings is 1. The van der Waals surface area contributed by atoms with Gasteiger partial charge in [-0.2, -0.15) is 5.10 Å². The van der Waals surface area contributed by atoms with Crippen LogP contribution in [-0.4, -0.2) is 27.1 Å². The van der Waals surface area contributed by atoms with E-state index in [0.29, 0.717) is 23.0 Å². The molecule has 1 aromatic carbocycles. The van der Waals surface area contributed by atoms with Crippen LogP contribution in [0.15, 0.2) is 46.6 Å². The van der Waals surface area contributed by atoms with Gasteiger partial charge in [-0.05, 0) is 36.3 Å². The van der Waals surface area contributed by atoms with Crippen molar-refractivity contribution >= 4 is 28.0 Å². The maximum absolute atomic E-state index is 13.5. The van der Waals surface area contributed by atoms with Crippen molar-refractivity contribution in [3.63, 3.8) is 0 Å². The van der Waals surface area contributed by atoms with Crippen LogP contribution in [0.4, 0.5) is 0 Å². The highest BCUT2D eigenvalue weighted by atomic mass is 32.1. The monoisotopic (exact) mass is 381 g/mol. The maximum atomic E-state index is 13.5. The number of aromatic nitrogens is 2. The van der Waals surface area contributed by atoms with Crippen molar-refractivity contribution < 1.29 is 4.79 Å². The standard InChI is InChI=1S/C21H23N3O2S/c1-14(2)13-24-20(25)16-8-4-3-7-15(16)19(22-24)21(26)23-11-5-9-17(23)18-10-6-12-27-18/h3-4,6-8,10,12,14,17H,5,9,11,13H2,1-2H3/t17-/m1/s1. The fourth-order valence-electron chi connectivity index (χ4n) is 3.79. The van der Waals surface area contributed by atoms with Crippen molar-refractivity contribution in [2.45, 2.75) is 39.3 Å². The summed E-state index contributed by atoms with van der Waals surface area (Å²) in [6.07, 6.45) is 1.95. The summed E-state index contributed by atoms with van der Waals surface area (Å²) in [5.41, 5.74) is 0.251. The fourth-order valence-corrected chi connectivity index (χ4v) is 4.66. The molecule has 0 bridgehead atoms. The molecular formula is C21H23N3O2S. The number of thiophene rings is 1. The molecule has 4 rings (SSSR count). The zero-order valence-corrected chi connectivity index (χ0v) is 16.4. The van der Waals surface area contributed by atoms with E-state index in [4.69, 9.17) is 0 Å². The van der Waals surface area contributed by atoms with E-state index in [2.05, 4.69) is 11.2 Å². The highest BCUT2D eigenvalue weighted by Gasteiger charge is 2.33. The average Bonchev–Trinajstić information content (AvgIpc) is 3.34. The van der Waals surface area contributed by atoms with E-state index in [0.717, 1.165) is 19.4 Å². The van der Waals surface area contributed by atoms with Crippen LogP contribution < -0.4 is 5.56 Å². The van der Waals surface area contributed by atoms with Crippen LogP contribution in [0.5, 0.6) is 0 Å². The lowest BCUT2D eigenvalue weighted by molar-refractivity contribution is 0.0731. The minimum atomic E-state index is -0.132. The third kappa shape index (κ3) is 3.30. The largest absolute Gasteiger partial charge is 0.329 e. The fraction of sp³-hybridized carbons (Fsp3) is 0.381. The Balaban J connectivity index is 1.81. The Bertz CT molecular complexity index is 1020. The number of rotatable bonds is 4. The second-order valence-electron chi connectivity index (χ2n) is 7.45. The van der Waals surface area contributed by atoms with E-state index in [9.17, 15) is 9.59 Å². The second-order valence-corrected chi connectivity index (χ2v) is 8.43. The number of amides is 1. The number of nitrogens with zero attached hydrogens (tertiary/aromatic N) is 3. The predicted octanol–water partition coefficient (Wildman–Crippen LogP) is 4.09. The van der Waals surface area contributed by atoms with Gasteiger partial charge in [0, 0.05) is 23.4 Å². The lowest BCUT2D eigenvalue weighted by Gasteiger charge is -2.24. The molecule has 1 fully saturated rings. The minimum absolute atomic E-state index is 0.0837. The summed E-state index contributed by atoms with van der Waals surface area (Å²) in [4.78, 5) is 29.4. The Labute approximate surface area is 162 Å². The van der Waals surface area contributed by atoms with Crippen molar-refractivity contribution in [1.82, 2.24) is 14.7 Å². The smallest absolute Gasteiger partial charge is 0.275 e. The molecule has 1 aliphatic rings. The van der Waals surface area contributed by atoms with E-state index in [1.54, 1.807) is 17.4 Å². The predicted molar refractivity (Wildman–Crippen MR) is 108 cm³/mol. The van der Waals surface area contributed by atoms with Gasteiger partial charge >= 0.3 is 0 Å². The normalized spacial score (nSPS) is 17.1. The molecule has 5 nitrogen and oxygen atoms in total. The Kier molecular flexibility index (Phi) is 4.83. The van der Waals surface area contributed by atoms with Crippen molar-refractivity contribution in [3.8, 4) is 0 Å². The summed E-state index contributed by atoms with van der Waals surface area (Å²) in [5.74, 6) is 0.185. The summed E-state index contributed by atoms with van der Waals surface area (Å²) >= 11 is 1.68. The van der Waals surface area contributed by atoms with Gasteiger partial charge in [-0.3, -0.25) is 9.59 Å². The first-order valence-electron chi connectivity index (χ1n) is 9.40. The molecule has 6 heteroatoms. The molecule has 2 aromatic heterocycles. The van der Waals surface area contributed by atoms with Crippen molar-refractivity contribution in [2.75, 3.05) is 6.54 Å². The van der Waals surface area contributed by atoms with Crippen LogP contribution in [0.2, 0.25) is 0 Å². The van der Waals surface area contributed by atoms with Crippen LogP contribution in [-0.2, 0) is 6.54 Å². The van der Waals surface area contributed by atoms with E-state index < -0.39 is 0 Å². The third-order valence-electron chi connectivity index (χ3n) is 4.99. The molecule has 27 heavy (non-hydrogen) atoms. The summed E-state index contributed by atoms with van der Waals surface area (Å²) < 4.78 is 1.45. The Morgan fingerprint density at radius 1 is 1.22 bits per heavy atom. The Morgan fingerprint density at radius 3 is 2.70 bits per heavy atom. The van der Waals surface area contributed by atoms with Gasteiger partial charge in [0.2, 0.25) is 0 Å². The Hall–Kier alpha value is -2.47. The van der Waals surface area contributed by atoms with E-state index in [1.807, 2.05) is 48.4 Å². The highest BCUT2D eigenvalue weighted by molar-refractivity contribution is 7.10. The lowest BCUT2D eigenvalue weighted by atomic mass is 10.1. The molecule has 1 atom stereocenters. The average molecular weight is 382 g/mol. The molecule has 0 saturated carbocycles. The highest BCUT2D eigenvalue weighted by Crippen LogP contribution is 2.35. The van der Waals surface area contributed by atoms with E-state index >= 15 is 0 Å². The summed E-state index contributed by atoms with van der Waals surface area (Å²) in [6.45, 7) is 5.30. The van der Waals surface area contributed by atoms with Crippen LogP contribution in [0.25, 0.3) is 10.8 Å². The molecule has 0 unspecified atom stereocenters. The van der Waals surface area contributed by atoms with Crippen molar-refractivity contribution in [2.24, 2.45) is 5.92 Å². The van der Waals surface area contributed by atoms with Crippen molar-refractivity contribution in [1.29, 1.82) is 0 Å². The van der Waals surface area contributed by atoms with Gasteiger partial charge in [0.25, 0.3) is 11.5 Å². The molecule has 0 N–H and O–H groups in total. The van der Waals surface area contributed by atoms with Crippen LogP contribution in [0.1, 0.15) is 48.1 Å². The first-order chi connectivity index (χ1) is 13.1. The summed E-state index contributed by atoms with van der Waals surface area (Å²) in [7, 11) is 0. The number of fused-ring (bicyclic) bond motifs is 1. The van der Waals surface area contributed by atoms with Gasteiger partial charge in [-0.15, -0.1) is 11.3 Å². The van der Waals surface area contributed by atoms with Gasteiger partial charge in [0.05, 0.1) is 11.4 Å². The first-order valence-corrected chi connectivity index (χ1v) is 10.3. The number of hydrogen-bond acceptors (Lipinski definition) is 4. The van der Waals surface area contributed by atoms with E-state index in [1.165, 1.54) is 9.56 Å². The number of likely N-dealkylation sites (tertiary alicyclic amines) is 1. The van der Waals surface area contributed by atoms with Gasteiger partial charge in [0.1, 0.15) is 0 Å². The SMILES string of the molecule is CC(C)Cn1nc(C(=O)N2CCC[C@@H]2c2cccs2)c2ccccc2c1=O. The zero-order valence-electron chi connectivity index (χ0n) is 15.6. The van der Waals surface area contributed by atoms with Gasteiger partial charge < -0.3 is 4.90 Å². The zero-order chi connectivity index (χ0) is 19.0. The quantitative estimate of drug-likeness (QED) is 0.684. The molecule has 1 amide bonds. The van der Waals surface area contributed by atoms with Crippen molar-refractivity contribution in [3.05, 3.63) is 62.7 Å². The van der Waals surface area contributed by atoms with E-state index in [-0.39, 0.29) is 23.4 Å². The van der Waals surface area contributed by atoms with Crippen LogP contribution in [0.3, 0.4) is 0 Å². The summed E-state index contributed by atoms with van der Waals surface area (Å²) in [5, 5.41) is 7.77. The molecule has 1 saturated heterocycles. The minimum Gasteiger partial charge on any atom is -0.329 e. The molecule has 0 radical (unpaired) electrons. The number of hydrogen-bond donors (Lipinski definition) is 0. The summed E-state index contributed by atoms with van der Waals surface area (Å²) in [6, 6.07) is 11.5. The molecule has 0 spiro atoms. The molecule has 3 heterocycles. The van der Waals surface area contributed by atoms with Gasteiger partial charge in [-0.25, -0.2) is 4.68 Å². The van der Waals surface area contributed by atoms with Crippen LogP contribution in [0, 0.1) is 5.92 Å². The number of carbonyl (C=O) groups is 1. The third-order valence-corrected chi connectivity index (χ3v) is 5.97. The van der Waals surface area contributed by atoms with Gasteiger partial charge in [0.15, 0.2) is 5.69 Å². The first kappa shape index (κ1) is 17.9. The van der Waals surface area contributed by atoms with Gasteiger partial charge in [-0.1, -0.05) is 38.1 Å². The molecule has 0 aliphatic carbocycles. The second kappa shape index (κ2) is 7.27. The maximum Gasteiger partial charge on any atom is 0.275 e. The topological polar surface area (TPSA) is 55.2 Å². The molecule has 140 valence electrons. The molecule has 3 aromatic rings. The lowest BCUT2D eigenvalue weighted by Crippen LogP contribution is -2.34. The van der Waals surface area contributed by atoms with Crippen LogP contribution >= 0.6 is 11.3 Å². The molecule has 1 aliphatic heterocycles.